The zero-order chi connectivity index (χ0) is 35.5. The highest BCUT2D eigenvalue weighted by molar-refractivity contribution is 6.33. The number of hydrogen-bond acceptors (Lipinski definition) is 9. The first kappa shape index (κ1) is 33.4. The Labute approximate surface area is 296 Å². The van der Waals surface area contributed by atoms with E-state index in [-0.39, 0.29) is 22.3 Å². The molecule has 1 aliphatic heterocycles. The maximum Gasteiger partial charge on any atom is 0.419 e. The van der Waals surface area contributed by atoms with Crippen molar-refractivity contribution in [2.24, 2.45) is 0 Å². The molecule has 14 heteroatoms. The van der Waals surface area contributed by atoms with E-state index in [1.807, 2.05) is 24.3 Å². The van der Waals surface area contributed by atoms with E-state index in [2.05, 4.69) is 15.0 Å². The SMILES string of the molecule is C[C@@]1(F)[C@H](OC(=O)N(c2ccccc2)c2ccccc2)[C@@H](COC(=O)N(c2ccccc2)c2ccccc2)O[C@H]1n1cnc2c(Cl)nc(N)nc21. The predicted octanol–water partition coefficient (Wildman–Crippen LogP) is 8.01. The molecule has 2 aromatic heterocycles. The number of anilines is 5. The van der Waals surface area contributed by atoms with Crippen LogP contribution in [-0.4, -0.2) is 56.2 Å². The van der Waals surface area contributed by atoms with Crippen LogP contribution in [0.2, 0.25) is 5.15 Å². The van der Waals surface area contributed by atoms with Gasteiger partial charge in [-0.25, -0.2) is 28.8 Å². The molecule has 2 N–H and O–H groups in total. The molecular weight excluding hydrogens is 677 g/mol. The van der Waals surface area contributed by atoms with Crippen molar-refractivity contribution in [3.05, 3.63) is 133 Å². The van der Waals surface area contributed by atoms with Gasteiger partial charge in [0.05, 0.1) is 29.1 Å². The van der Waals surface area contributed by atoms with Gasteiger partial charge in [0.15, 0.2) is 28.8 Å². The molecule has 4 aromatic carbocycles. The van der Waals surface area contributed by atoms with E-state index in [4.69, 9.17) is 31.5 Å². The summed E-state index contributed by atoms with van der Waals surface area (Å²) in [7, 11) is 0. The van der Waals surface area contributed by atoms with Crippen LogP contribution in [0.25, 0.3) is 11.2 Å². The maximum absolute atomic E-state index is 17.4. The molecule has 1 aliphatic rings. The molecule has 0 saturated carbocycles. The minimum absolute atomic E-state index is 0.0356. The largest absolute Gasteiger partial charge is 0.446 e. The van der Waals surface area contributed by atoms with Gasteiger partial charge in [-0.1, -0.05) is 84.4 Å². The Morgan fingerprint density at radius 1 is 0.824 bits per heavy atom. The van der Waals surface area contributed by atoms with Crippen molar-refractivity contribution >= 4 is 63.6 Å². The lowest BCUT2D eigenvalue weighted by Gasteiger charge is -2.30. The summed E-state index contributed by atoms with van der Waals surface area (Å²) in [6.45, 7) is 0.731. The standard InChI is InChI=1S/C37H31ClFN7O5/c1-37(39)30(51-36(48)46(26-18-10-4-11-19-26)27-20-12-5-13-21-27)28(50-33(37)44-23-41-29-31(38)42-34(40)43-32(29)44)22-49-35(47)45(24-14-6-2-7-15-24)25-16-8-3-9-17-25/h2-21,23,28,30,33H,22H2,1H3,(H2,40,42,43)/t28-,30-,33-,37-/m1/s1. The first-order valence-electron chi connectivity index (χ1n) is 15.9. The second-order valence-electron chi connectivity index (χ2n) is 11.8. The molecule has 4 atom stereocenters. The zero-order valence-electron chi connectivity index (χ0n) is 27.1. The lowest BCUT2D eigenvalue weighted by Crippen LogP contribution is -2.46. The number of benzene rings is 4. The lowest BCUT2D eigenvalue weighted by atomic mass is 9.98. The molecule has 7 rings (SSSR count). The van der Waals surface area contributed by atoms with E-state index in [0.29, 0.717) is 22.7 Å². The molecule has 2 amide bonds. The molecule has 0 bridgehead atoms. The summed E-state index contributed by atoms with van der Waals surface area (Å²) in [4.78, 5) is 43.0. The van der Waals surface area contributed by atoms with Gasteiger partial charge in [-0.15, -0.1) is 0 Å². The van der Waals surface area contributed by atoms with Crippen molar-refractivity contribution in [3.63, 3.8) is 0 Å². The van der Waals surface area contributed by atoms with E-state index in [1.165, 1.54) is 27.6 Å². The van der Waals surface area contributed by atoms with Crippen LogP contribution in [0.1, 0.15) is 13.2 Å². The number of para-hydroxylation sites is 4. The summed E-state index contributed by atoms with van der Waals surface area (Å²) in [6, 6.07) is 35.4. The molecule has 1 saturated heterocycles. The molecule has 0 unspecified atom stereocenters. The van der Waals surface area contributed by atoms with Gasteiger partial charge in [0.2, 0.25) is 5.95 Å². The third-order valence-corrected chi connectivity index (χ3v) is 8.61. The quantitative estimate of drug-likeness (QED) is 0.156. The average molecular weight is 708 g/mol. The van der Waals surface area contributed by atoms with Gasteiger partial charge in [-0.3, -0.25) is 4.57 Å². The molecule has 258 valence electrons. The third-order valence-electron chi connectivity index (χ3n) is 8.35. The minimum atomic E-state index is -2.44. The first-order chi connectivity index (χ1) is 24.7. The molecule has 12 nitrogen and oxygen atoms in total. The fourth-order valence-electron chi connectivity index (χ4n) is 6.01. The number of ether oxygens (including phenoxy) is 3. The number of nitrogens with two attached hydrogens (primary N) is 1. The summed E-state index contributed by atoms with van der Waals surface area (Å²) in [6.07, 6.45) is -4.75. The molecule has 3 heterocycles. The van der Waals surface area contributed by atoms with Gasteiger partial charge in [-0.2, -0.15) is 9.97 Å². The number of nitrogen functional groups attached to an aromatic ring is 1. The number of hydrogen-bond donors (Lipinski definition) is 1. The highest BCUT2D eigenvalue weighted by Gasteiger charge is 2.59. The van der Waals surface area contributed by atoms with Gasteiger partial charge < -0.3 is 19.9 Å². The Morgan fingerprint density at radius 3 is 1.78 bits per heavy atom. The highest BCUT2D eigenvalue weighted by Crippen LogP contribution is 2.45. The van der Waals surface area contributed by atoms with E-state index >= 15 is 4.39 Å². The number of fused-ring (bicyclic) bond motifs is 1. The van der Waals surface area contributed by atoms with Crippen LogP contribution in [0.3, 0.4) is 0 Å². The summed E-state index contributed by atoms with van der Waals surface area (Å²) in [5.41, 5.74) is 5.73. The number of aromatic nitrogens is 4. The maximum atomic E-state index is 17.4. The van der Waals surface area contributed by atoms with Crippen molar-refractivity contribution < 1.29 is 28.2 Å². The number of alkyl halides is 1. The zero-order valence-corrected chi connectivity index (χ0v) is 27.9. The Kier molecular flexibility index (Phi) is 9.22. The van der Waals surface area contributed by atoms with Crippen molar-refractivity contribution in [1.29, 1.82) is 0 Å². The number of imidazole rings is 1. The van der Waals surface area contributed by atoms with E-state index in [9.17, 15) is 9.59 Å². The topological polar surface area (TPSA) is 138 Å². The number of carbonyl (C=O) groups excluding carboxylic acids is 2. The van der Waals surface area contributed by atoms with Crippen molar-refractivity contribution in [2.75, 3.05) is 22.1 Å². The van der Waals surface area contributed by atoms with Crippen molar-refractivity contribution in [2.45, 2.75) is 31.0 Å². The summed E-state index contributed by atoms with van der Waals surface area (Å²) in [5.74, 6) is -0.162. The Balaban J connectivity index is 1.24. The van der Waals surface area contributed by atoms with Crippen LogP contribution in [-0.2, 0) is 14.2 Å². The highest BCUT2D eigenvalue weighted by atomic mass is 35.5. The first-order valence-corrected chi connectivity index (χ1v) is 16.3. The molecule has 0 radical (unpaired) electrons. The van der Waals surface area contributed by atoms with E-state index in [0.717, 1.165) is 0 Å². The summed E-state index contributed by atoms with van der Waals surface area (Å²) >= 11 is 6.27. The van der Waals surface area contributed by atoms with Gasteiger partial charge in [0, 0.05) is 0 Å². The molecule has 51 heavy (non-hydrogen) atoms. The summed E-state index contributed by atoms with van der Waals surface area (Å²) < 4.78 is 36.8. The van der Waals surface area contributed by atoms with Crippen LogP contribution < -0.4 is 15.5 Å². The Bertz CT molecular complexity index is 2060. The van der Waals surface area contributed by atoms with E-state index in [1.54, 1.807) is 97.1 Å². The second-order valence-corrected chi connectivity index (χ2v) is 12.1. The predicted molar refractivity (Wildman–Crippen MR) is 190 cm³/mol. The van der Waals surface area contributed by atoms with E-state index < -0.39 is 42.9 Å². The summed E-state index contributed by atoms with van der Waals surface area (Å²) in [5, 5.41) is -0.0356. The number of carbonyl (C=O) groups is 2. The minimum Gasteiger partial charge on any atom is -0.446 e. The Morgan fingerprint density at radius 2 is 1.29 bits per heavy atom. The molecule has 1 fully saturated rings. The van der Waals surface area contributed by atoms with Crippen LogP contribution in [0, 0.1) is 0 Å². The number of nitrogens with zero attached hydrogens (tertiary/aromatic N) is 6. The van der Waals surface area contributed by atoms with Crippen LogP contribution in [0.4, 0.5) is 42.7 Å². The monoisotopic (exact) mass is 707 g/mol. The van der Waals surface area contributed by atoms with Gasteiger partial charge in [-0.05, 0) is 55.5 Å². The van der Waals surface area contributed by atoms with Gasteiger partial charge in [0.25, 0.3) is 0 Å². The lowest BCUT2D eigenvalue weighted by molar-refractivity contribution is -0.0577. The number of rotatable bonds is 8. The molecular formula is C37H31ClFN7O5. The normalized spacial score (nSPS) is 19.8. The van der Waals surface area contributed by atoms with Gasteiger partial charge in [0.1, 0.15) is 18.2 Å². The fourth-order valence-corrected chi connectivity index (χ4v) is 6.23. The molecule has 0 spiro atoms. The average Bonchev–Trinajstić information content (AvgIpc) is 3.66. The number of amides is 2. The smallest absolute Gasteiger partial charge is 0.419 e. The van der Waals surface area contributed by atoms with Crippen LogP contribution in [0.15, 0.2) is 128 Å². The van der Waals surface area contributed by atoms with Crippen molar-refractivity contribution in [3.8, 4) is 0 Å². The fraction of sp³-hybridized carbons (Fsp3) is 0.162. The number of halogens is 2. The van der Waals surface area contributed by atoms with Gasteiger partial charge >= 0.3 is 12.2 Å². The van der Waals surface area contributed by atoms with Crippen LogP contribution >= 0.6 is 11.6 Å². The third kappa shape index (κ3) is 6.64. The second kappa shape index (κ2) is 14.1. The molecule has 0 aliphatic carbocycles. The van der Waals surface area contributed by atoms with Crippen LogP contribution in [0.5, 0.6) is 0 Å². The Hall–Kier alpha value is -6.05. The molecule has 6 aromatic rings. The van der Waals surface area contributed by atoms with Crippen molar-refractivity contribution in [1.82, 2.24) is 19.5 Å².